The first-order valence-electron chi connectivity index (χ1n) is 9.24. The Morgan fingerprint density at radius 1 is 1.07 bits per heavy atom. The normalized spacial score (nSPS) is 15.4. The highest BCUT2D eigenvalue weighted by atomic mass is 35.5. The minimum absolute atomic E-state index is 0.149. The van der Waals surface area contributed by atoms with Gasteiger partial charge < -0.3 is 15.0 Å². The molecule has 0 fully saturated rings. The third-order valence-electron chi connectivity index (χ3n) is 4.69. The van der Waals surface area contributed by atoms with Crippen LogP contribution in [0.15, 0.2) is 72.8 Å². The predicted octanol–water partition coefficient (Wildman–Crippen LogP) is 4.91. The van der Waals surface area contributed by atoms with Crippen molar-refractivity contribution in [3.63, 3.8) is 0 Å². The van der Waals surface area contributed by atoms with Gasteiger partial charge >= 0.3 is 0 Å². The molecule has 0 spiro atoms. The molecule has 3 aromatic carbocycles. The first-order valence-corrected chi connectivity index (χ1v) is 9.62. The molecule has 5 nitrogen and oxygen atoms in total. The molecule has 2 amide bonds. The number of fused-ring (bicyclic) bond motifs is 1. The van der Waals surface area contributed by atoms with Crippen molar-refractivity contribution in [2.45, 2.75) is 19.6 Å². The topological polar surface area (TPSA) is 58.6 Å². The average molecular weight is 407 g/mol. The summed E-state index contributed by atoms with van der Waals surface area (Å²) >= 11 is 6.09. The molecule has 1 N–H and O–H groups in total. The van der Waals surface area contributed by atoms with Crippen LogP contribution in [-0.4, -0.2) is 17.9 Å². The van der Waals surface area contributed by atoms with Crippen molar-refractivity contribution < 1.29 is 14.3 Å². The maximum Gasteiger partial charge on any atom is 0.268 e. The van der Waals surface area contributed by atoms with Gasteiger partial charge in [0.2, 0.25) is 0 Å². The van der Waals surface area contributed by atoms with Crippen LogP contribution >= 0.6 is 11.6 Å². The number of hydrogen-bond acceptors (Lipinski definition) is 3. The van der Waals surface area contributed by atoms with Crippen molar-refractivity contribution in [1.82, 2.24) is 0 Å². The van der Waals surface area contributed by atoms with Gasteiger partial charge in [-0.1, -0.05) is 41.9 Å². The van der Waals surface area contributed by atoms with Crippen molar-refractivity contribution in [2.75, 3.05) is 10.2 Å². The summed E-state index contributed by atoms with van der Waals surface area (Å²) in [5.41, 5.74) is 2.66. The van der Waals surface area contributed by atoms with Crippen molar-refractivity contribution >= 4 is 34.8 Å². The van der Waals surface area contributed by atoms with Crippen LogP contribution in [0.4, 0.5) is 11.4 Å². The Bertz CT molecular complexity index is 1070. The van der Waals surface area contributed by atoms with E-state index in [1.165, 1.54) is 0 Å². The second-order valence-corrected chi connectivity index (χ2v) is 7.25. The Labute approximate surface area is 173 Å². The van der Waals surface area contributed by atoms with Crippen LogP contribution in [0.3, 0.4) is 0 Å². The molecule has 1 aliphatic rings. The zero-order chi connectivity index (χ0) is 20.4. The smallest absolute Gasteiger partial charge is 0.268 e. The van der Waals surface area contributed by atoms with E-state index in [1.807, 2.05) is 36.4 Å². The van der Waals surface area contributed by atoms with Crippen LogP contribution in [0.1, 0.15) is 22.8 Å². The van der Waals surface area contributed by atoms with Crippen LogP contribution < -0.4 is 15.0 Å². The molecule has 0 radical (unpaired) electrons. The van der Waals surface area contributed by atoms with Crippen molar-refractivity contribution in [3.8, 4) is 5.75 Å². The van der Waals surface area contributed by atoms with Crippen molar-refractivity contribution in [3.05, 3.63) is 88.9 Å². The van der Waals surface area contributed by atoms with E-state index in [1.54, 1.807) is 48.2 Å². The van der Waals surface area contributed by atoms with E-state index in [0.29, 0.717) is 34.3 Å². The lowest BCUT2D eigenvalue weighted by Crippen LogP contribution is -2.44. The van der Waals surface area contributed by atoms with E-state index in [9.17, 15) is 9.59 Å². The van der Waals surface area contributed by atoms with Gasteiger partial charge in [0.05, 0.1) is 12.2 Å². The fourth-order valence-electron chi connectivity index (χ4n) is 3.26. The highest BCUT2D eigenvalue weighted by Gasteiger charge is 2.32. The number of nitrogens with one attached hydrogen (secondary N) is 1. The van der Waals surface area contributed by atoms with Gasteiger partial charge in [-0.05, 0) is 55.0 Å². The second-order valence-electron chi connectivity index (χ2n) is 6.82. The molecular formula is C23H19ClN2O3. The number of nitrogens with zero attached hydrogens (tertiary/aromatic N) is 1. The number of hydrogen-bond donors (Lipinski definition) is 1. The third-order valence-corrected chi connectivity index (χ3v) is 4.93. The van der Waals surface area contributed by atoms with Gasteiger partial charge in [0.25, 0.3) is 11.8 Å². The molecular weight excluding hydrogens is 388 g/mol. The van der Waals surface area contributed by atoms with Gasteiger partial charge in [-0.15, -0.1) is 0 Å². The Morgan fingerprint density at radius 3 is 2.62 bits per heavy atom. The van der Waals surface area contributed by atoms with E-state index in [-0.39, 0.29) is 11.8 Å². The molecule has 0 aliphatic carbocycles. The number of benzene rings is 3. The van der Waals surface area contributed by atoms with Crippen LogP contribution in [0, 0.1) is 0 Å². The first kappa shape index (κ1) is 19.0. The maximum atomic E-state index is 12.8. The summed E-state index contributed by atoms with van der Waals surface area (Å²) in [6, 6.07) is 21.6. The molecule has 146 valence electrons. The molecule has 0 saturated carbocycles. The highest BCUT2D eigenvalue weighted by Crippen LogP contribution is 2.37. The lowest BCUT2D eigenvalue weighted by molar-refractivity contribution is -0.125. The summed E-state index contributed by atoms with van der Waals surface area (Å²) in [5, 5.41) is 3.49. The van der Waals surface area contributed by atoms with Crippen LogP contribution in [0.2, 0.25) is 5.02 Å². The Hall–Kier alpha value is -3.31. The molecule has 0 bridgehead atoms. The second kappa shape index (κ2) is 7.97. The summed E-state index contributed by atoms with van der Waals surface area (Å²) in [5.74, 6) is 0.226. The molecule has 3 aromatic rings. The zero-order valence-electron chi connectivity index (χ0n) is 15.8. The fraction of sp³-hybridized carbons (Fsp3) is 0.130. The number of ether oxygens (including phenoxy) is 1. The average Bonchev–Trinajstić information content (AvgIpc) is 2.72. The van der Waals surface area contributed by atoms with Crippen LogP contribution in [0.25, 0.3) is 0 Å². The first-order chi connectivity index (χ1) is 14.0. The van der Waals surface area contributed by atoms with Crippen LogP contribution in [0.5, 0.6) is 5.75 Å². The molecule has 1 atom stereocenters. The van der Waals surface area contributed by atoms with Crippen molar-refractivity contribution in [1.29, 1.82) is 0 Å². The van der Waals surface area contributed by atoms with Gasteiger partial charge in [0, 0.05) is 16.3 Å². The van der Waals surface area contributed by atoms with E-state index in [2.05, 4.69) is 5.32 Å². The summed E-state index contributed by atoms with van der Waals surface area (Å²) in [6.45, 7) is 2.08. The molecule has 1 aliphatic heterocycles. The standard InChI is InChI=1S/C23H19ClN2O3/c1-15-23(28)26(14-16-6-5-9-18(24)12-16)20-13-19(10-11-21(20)29-15)25-22(27)17-7-3-2-4-8-17/h2-13,15H,14H2,1H3,(H,25,27). The van der Waals surface area contributed by atoms with E-state index >= 15 is 0 Å². The minimum atomic E-state index is -0.591. The summed E-state index contributed by atoms with van der Waals surface area (Å²) in [4.78, 5) is 26.9. The Balaban J connectivity index is 1.64. The van der Waals surface area contributed by atoms with Gasteiger partial charge in [0.15, 0.2) is 6.10 Å². The number of carbonyl (C=O) groups excluding carboxylic acids is 2. The maximum absolute atomic E-state index is 12.8. The number of amides is 2. The molecule has 0 saturated heterocycles. The van der Waals surface area contributed by atoms with Gasteiger partial charge in [-0.3, -0.25) is 9.59 Å². The molecule has 1 unspecified atom stereocenters. The summed E-state index contributed by atoms with van der Waals surface area (Å²) in [6.07, 6.45) is -0.591. The highest BCUT2D eigenvalue weighted by molar-refractivity contribution is 6.30. The summed E-state index contributed by atoms with van der Waals surface area (Å²) in [7, 11) is 0. The minimum Gasteiger partial charge on any atom is -0.479 e. The van der Waals surface area contributed by atoms with Gasteiger partial charge in [0.1, 0.15) is 5.75 Å². The number of carbonyl (C=O) groups is 2. The largest absolute Gasteiger partial charge is 0.479 e. The van der Waals surface area contributed by atoms with Crippen LogP contribution in [-0.2, 0) is 11.3 Å². The predicted molar refractivity (Wildman–Crippen MR) is 114 cm³/mol. The number of halogens is 1. The Morgan fingerprint density at radius 2 is 1.86 bits per heavy atom. The van der Waals surface area contributed by atoms with E-state index in [4.69, 9.17) is 16.3 Å². The lowest BCUT2D eigenvalue weighted by atomic mass is 10.1. The molecule has 1 heterocycles. The zero-order valence-corrected chi connectivity index (χ0v) is 16.5. The third kappa shape index (κ3) is 4.10. The lowest BCUT2D eigenvalue weighted by Gasteiger charge is -2.33. The monoisotopic (exact) mass is 406 g/mol. The molecule has 29 heavy (non-hydrogen) atoms. The Kier molecular flexibility index (Phi) is 5.23. The molecule has 4 rings (SSSR count). The van der Waals surface area contributed by atoms with E-state index < -0.39 is 6.10 Å². The quantitative estimate of drug-likeness (QED) is 0.670. The number of anilines is 2. The molecule has 0 aromatic heterocycles. The number of rotatable bonds is 4. The SMILES string of the molecule is CC1Oc2ccc(NC(=O)c3ccccc3)cc2N(Cc2cccc(Cl)c2)C1=O. The van der Waals surface area contributed by atoms with Crippen molar-refractivity contribution in [2.24, 2.45) is 0 Å². The van der Waals surface area contributed by atoms with E-state index in [0.717, 1.165) is 5.56 Å². The van der Waals surface area contributed by atoms with Gasteiger partial charge in [-0.2, -0.15) is 0 Å². The van der Waals surface area contributed by atoms with Gasteiger partial charge in [-0.25, -0.2) is 0 Å². The fourth-order valence-corrected chi connectivity index (χ4v) is 3.47. The summed E-state index contributed by atoms with van der Waals surface area (Å²) < 4.78 is 5.75. The molecule has 6 heteroatoms.